The molecule has 0 aromatic rings. The average Bonchev–Trinajstić information content (AvgIpc) is 2.77. The first-order valence-corrected chi connectivity index (χ1v) is 4.55. The molecule has 0 N–H and O–H groups in total. The fourth-order valence-electron chi connectivity index (χ4n) is 1.03. The predicted octanol–water partition coefficient (Wildman–Crippen LogP) is 3.01. The molecule has 66 valence electrons. The molecular formula is C10H20O. The van der Waals surface area contributed by atoms with E-state index in [0.717, 1.165) is 18.9 Å². The molecule has 1 fully saturated rings. The Morgan fingerprint density at radius 3 is 2.55 bits per heavy atom. The van der Waals surface area contributed by atoms with Crippen molar-refractivity contribution in [1.29, 1.82) is 0 Å². The van der Waals surface area contributed by atoms with Crippen molar-refractivity contribution in [2.24, 2.45) is 5.92 Å². The molecule has 2 unspecified atom stereocenters. The molecule has 1 saturated heterocycles. The van der Waals surface area contributed by atoms with E-state index in [2.05, 4.69) is 13.5 Å². The van der Waals surface area contributed by atoms with Crippen LogP contribution in [0.15, 0.2) is 12.7 Å². The molecule has 1 aliphatic heterocycles. The van der Waals surface area contributed by atoms with Gasteiger partial charge < -0.3 is 4.74 Å². The normalized spacial score (nSPS) is 23.0. The molecule has 0 aromatic heterocycles. The van der Waals surface area contributed by atoms with Gasteiger partial charge in [0.2, 0.25) is 0 Å². The largest absolute Gasteiger partial charge is 0.373 e. The van der Waals surface area contributed by atoms with Crippen LogP contribution in [0.1, 0.15) is 33.6 Å². The lowest BCUT2D eigenvalue weighted by Gasteiger charge is -2.03. The highest BCUT2D eigenvalue weighted by atomic mass is 16.6. The van der Waals surface area contributed by atoms with Gasteiger partial charge in [-0.2, -0.15) is 0 Å². The van der Waals surface area contributed by atoms with Crippen LogP contribution < -0.4 is 0 Å². The van der Waals surface area contributed by atoms with E-state index in [1.165, 1.54) is 6.42 Å². The molecule has 1 rings (SSSR count). The summed E-state index contributed by atoms with van der Waals surface area (Å²) >= 11 is 0. The average molecular weight is 156 g/mol. The van der Waals surface area contributed by atoms with Crippen LogP contribution in [0.5, 0.6) is 0 Å². The Kier molecular flexibility index (Phi) is 6.24. The van der Waals surface area contributed by atoms with Gasteiger partial charge in [-0.25, -0.2) is 0 Å². The molecule has 0 spiro atoms. The Labute approximate surface area is 70.4 Å². The lowest BCUT2D eigenvalue weighted by atomic mass is 10.0. The number of rotatable bonds is 4. The third-order valence-corrected chi connectivity index (χ3v) is 1.64. The van der Waals surface area contributed by atoms with Gasteiger partial charge in [0.05, 0.1) is 12.7 Å². The number of allylic oxidation sites excluding steroid dienone is 1. The molecule has 0 aromatic carbocycles. The highest BCUT2D eigenvalue weighted by molar-refractivity contribution is 4.77. The number of ether oxygens (including phenoxy) is 1. The van der Waals surface area contributed by atoms with Crippen LogP contribution in [0.3, 0.4) is 0 Å². The van der Waals surface area contributed by atoms with Crippen LogP contribution in [0.4, 0.5) is 0 Å². The summed E-state index contributed by atoms with van der Waals surface area (Å²) < 4.78 is 5.09. The van der Waals surface area contributed by atoms with Crippen LogP contribution in [0.25, 0.3) is 0 Å². The standard InChI is InChI=1S/C8H14O.C2H6/c1-3-4-7(2)5-8-6-9-8;1-2/h3,7-8H,1,4-6H2,2H3;1-2H3. The molecule has 1 heteroatoms. The molecule has 0 radical (unpaired) electrons. The van der Waals surface area contributed by atoms with Crippen molar-refractivity contribution < 1.29 is 4.74 Å². The summed E-state index contributed by atoms with van der Waals surface area (Å²) in [5, 5.41) is 0. The molecule has 1 nitrogen and oxygen atoms in total. The van der Waals surface area contributed by atoms with Crippen molar-refractivity contribution in [1.82, 2.24) is 0 Å². The van der Waals surface area contributed by atoms with Crippen molar-refractivity contribution in [3.8, 4) is 0 Å². The first-order valence-electron chi connectivity index (χ1n) is 4.55. The third kappa shape index (κ3) is 6.11. The smallest absolute Gasteiger partial charge is 0.0812 e. The molecule has 2 atom stereocenters. The van der Waals surface area contributed by atoms with Crippen LogP contribution >= 0.6 is 0 Å². The maximum Gasteiger partial charge on any atom is 0.0812 e. The summed E-state index contributed by atoms with van der Waals surface area (Å²) in [7, 11) is 0. The number of hydrogen-bond acceptors (Lipinski definition) is 1. The SMILES string of the molecule is C=CCC(C)CC1CO1.CC. The van der Waals surface area contributed by atoms with Crippen molar-refractivity contribution >= 4 is 0 Å². The summed E-state index contributed by atoms with van der Waals surface area (Å²) in [6, 6.07) is 0. The minimum Gasteiger partial charge on any atom is -0.373 e. The second-order valence-electron chi connectivity index (χ2n) is 2.82. The van der Waals surface area contributed by atoms with Gasteiger partial charge in [0.25, 0.3) is 0 Å². The Hall–Kier alpha value is -0.300. The fraction of sp³-hybridized carbons (Fsp3) is 0.800. The maximum atomic E-state index is 5.09. The van der Waals surface area contributed by atoms with Gasteiger partial charge in [-0.15, -0.1) is 6.58 Å². The second-order valence-corrected chi connectivity index (χ2v) is 2.82. The van der Waals surface area contributed by atoms with Crippen molar-refractivity contribution in [2.75, 3.05) is 6.61 Å². The van der Waals surface area contributed by atoms with Crippen molar-refractivity contribution in [3.05, 3.63) is 12.7 Å². The Bertz CT molecular complexity index is 95.0. The molecule has 11 heavy (non-hydrogen) atoms. The quantitative estimate of drug-likeness (QED) is 0.450. The molecule has 0 aliphatic carbocycles. The van der Waals surface area contributed by atoms with Gasteiger partial charge in [-0.3, -0.25) is 0 Å². The maximum absolute atomic E-state index is 5.09. The zero-order valence-corrected chi connectivity index (χ0v) is 7.97. The molecular weight excluding hydrogens is 136 g/mol. The zero-order valence-electron chi connectivity index (χ0n) is 7.97. The number of epoxide rings is 1. The highest BCUT2D eigenvalue weighted by Gasteiger charge is 2.23. The lowest BCUT2D eigenvalue weighted by Crippen LogP contribution is -1.97. The summed E-state index contributed by atoms with van der Waals surface area (Å²) in [6.45, 7) is 10.9. The molecule has 0 saturated carbocycles. The van der Waals surface area contributed by atoms with E-state index in [1.807, 2.05) is 19.9 Å². The highest BCUT2D eigenvalue weighted by Crippen LogP contribution is 2.20. The van der Waals surface area contributed by atoms with Gasteiger partial charge >= 0.3 is 0 Å². The topological polar surface area (TPSA) is 12.5 Å². The minimum atomic E-state index is 0.583. The first-order chi connectivity index (χ1) is 5.33. The summed E-state index contributed by atoms with van der Waals surface area (Å²) in [6.07, 6.45) is 4.90. The van der Waals surface area contributed by atoms with E-state index in [1.54, 1.807) is 0 Å². The van der Waals surface area contributed by atoms with E-state index in [9.17, 15) is 0 Å². The van der Waals surface area contributed by atoms with Crippen LogP contribution in [-0.2, 0) is 4.74 Å². The van der Waals surface area contributed by atoms with Gasteiger partial charge in [-0.1, -0.05) is 26.8 Å². The summed E-state index contributed by atoms with van der Waals surface area (Å²) in [5.41, 5.74) is 0. The third-order valence-electron chi connectivity index (χ3n) is 1.64. The fourth-order valence-corrected chi connectivity index (χ4v) is 1.03. The molecule has 0 amide bonds. The van der Waals surface area contributed by atoms with Gasteiger partial charge in [0, 0.05) is 0 Å². The predicted molar refractivity (Wildman–Crippen MR) is 49.7 cm³/mol. The van der Waals surface area contributed by atoms with E-state index in [4.69, 9.17) is 4.74 Å². The minimum absolute atomic E-state index is 0.583. The lowest BCUT2D eigenvalue weighted by molar-refractivity contribution is 0.363. The number of hydrogen-bond donors (Lipinski definition) is 0. The van der Waals surface area contributed by atoms with Crippen LogP contribution in [0.2, 0.25) is 0 Å². The van der Waals surface area contributed by atoms with Crippen molar-refractivity contribution in [2.45, 2.75) is 39.7 Å². The van der Waals surface area contributed by atoms with E-state index < -0.39 is 0 Å². The second kappa shape index (κ2) is 6.41. The first kappa shape index (κ1) is 10.7. The Morgan fingerprint density at radius 1 is 1.64 bits per heavy atom. The zero-order chi connectivity index (χ0) is 8.69. The molecule has 0 bridgehead atoms. The van der Waals surface area contributed by atoms with Gasteiger partial charge in [-0.05, 0) is 18.8 Å². The molecule has 1 heterocycles. The Balaban J connectivity index is 0.000000461. The van der Waals surface area contributed by atoms with Crippen LogP contribution in [-0.4, -0.2) is 12.7 Å². The monoisotopic (exact) mass is 156 g/mol. The summed E-state index contributed by atoms with van der Waals surface area (Å²) in [5.74, 6) is 0.759. The van der Waals surface area contributed by atoms with Gasteiger partial charge in [0.1, 0.15) is 0 Å². The van der Waals surface area contributed by atoms with E-state index >= 15 is 0 Å². The van der Waals surface area contributed by atoms with E-state index in [-0.39, 0.29) is 0 Å². The van der Waals surface area contributed by atoms with Gasteiger partial charge in [0.15, 0.2) is 0 Å². The molecule has 1 aliphatic rings. The van der Waals surface area contributed by atoms with Crippen molar-refractivity contribution in [3.63, 3.8) is 0 Å². The van der Waals surface area contributed by atoms with Crippen LogP contribution in [0, 0.1) is 5.92 Å². The Morgan fingerprint density at radius 2 is 2.18 bits per heavy atom. The summed E-state index contributed by atoms with van der Waals surface area (Å²) in [4.78, 5) is 0. The van der Waals surface area contributed by atoms with E-state index in [0.29, 0.717) is 6.10 Å².